The van der Waals surface area contributed by atoms with E-state index in [9.17, 15) is 4.79 Å². The molecule has 1 aromatic heterocycles. The maximum absolute atomic E-state index is 13.6. The van der Waals surface area contributed by atoms with Gasteiger partial charge in [0, 0.05) is 11.3 Å². The molecular weight excluding hydrogens is 378 g/mol. The Kier molecular flexibility index (Phi) is 4.20. The summed E-state index contributed by atoms with van der Waals surface area (Å²) in [6.07, 6.45) is 9.94. The summed E-state index contributed by atoms with van der Waals surface area (Å²) in [5, 5.41) is 5.53. The van der Waals surface area contributed by atoms with E-state index < -0.39 is 0 Å². The number of benzene rings is 1. The number of hydrogen-bond donors (Lipinski definition) is 0. The summed E-state index contributed by atoms with van der Waals surface area (Å²) in [4.78, 5) is 18.5. The molecule has 5 saturated carbocycles. The minimum atomic E-state index is -0.0649. The Hall–Kier alpha value is -1.62. The molecule has 0 saturated heterocycles. The fourth-order valence-electron chi connectivity index (χ4n) is 6.77. The summed E-state index contributed by atoms with van der Waals surface area (Å²) in [5.74, 6) is 4.47. The van der Waals surface area contributed by atoms with Crippen molar-refractivity contribution in [3.05, 3.63) is 36.2 Å². The van der Waals surface area contributed by atoms with Gasteiger partial charge in [-0.3, -0.25) is 4.79 Å². The van der Waals surface area contributed by atoms with Gasteiger partial charge in [0.05, 0.1) is 10.9 Å². The first kappa shape index (κ1) is 18.2. The fraction of sp³-hybridized carbons (Fsp3) is 0.625. The number of nitrogens with zero attached hydrogens (tertiary/aromatic N) is 3. The lowest BCUT2D eigenvalue weighted by atomic mass is 9.48. The molecule has 0 radical (unpaired) electrons. The number of ketones is 1. The molecule has 4 bridgehead atoms. The molecule has 0 aliphatic heterocycles. The fourth-order valence-corrected chi connectivity index (χ4v) is 7.72. The second-order valence-corrected chi connectivity index (χ2v) is 11.4. The summed E-state index contributed by atoms with van der Waals surface area (Å²) in [7, 11) is 0. The predicted molar refractivity (Wildman–Crippen MR) is 114 cm³/mol. The van der Waals surface area contributed by atoms with E-state index >= 15 is 0 Å². The van der Waals surface area contributed by atoms with Gasteiger partial charge in [-0.05, 0) is 88.2 Å². The van der Waals surface area contributed by atoms with E-state index in [1.165, 1.54) is 32.1 Å². The van der Waals surface area contributed by atoms with Crippen molar-refractivity contribution in [3.63, 3.8) is 0 Å². The van der Waals surface area contributed by atoms with Crippen LogP contribution < -0.4 is 0 Å². The topological polar surface area (TPSA) is 47.8 Å². The molecule has 152 valence electrons. The van der Waals surface area contributed by atoms with Crippen LogP contribution in [0.5, 0.6) is 0 Å². The predicted octanol–water partition coefficient (Wildman–Crippen LogP) is 5.41. The normalized spacial score (nSPS) is 33.8. The van der Waals surface area contributed by atoms with Crippen LogP contribution in [0.3, 0.4) is 0 Å². The summed E-state index contributed by atoms with van der Waals surface area (Å²) >= 11 is 1.58. The molecule has 0 N–H and O–H groups in total. The summed E-state index contributed by atoms with van der Waals surface area (Å²) in [6, 6.07) is 10.3. The third kappa shape index (κ3) is 3.17. The number of Topliss-reactive ketones (excluding diaryl/α,β-unsaturated/α-hetero) is 1. The van der Waals surface area contributed by atoms with Crippen molar-refractivity contribution in [2.75, 3.05) is 0 Å². The number of aromatic nitrogens is 3. The van der Waals surface area contributed by atoms with Crippen LogP contribution in [0, 0.1) is 23.2 Å². The van der Waals surface area contributed by atoms with E-state index in [1.807, 2.05) is 22.9 Å². The van der Waals surface area contributed by atoms with Crippen LogP contribution in [0.4, 0.5) is 0 Å². The molecule has 5 aliphatic carbocycles. The molecular formula is C24H29N3OS. The molecule has 0 spiro atoms. The van der Waals surface area contributed by atoms with Crippen molar-refractivity contribution in [2.24, 2.45) is 23.2 Å². The van der Waals surface area contributed by atoms with Gasteiger partial charge < -0.3 is 0 Å². The summed E-state index contributed by atoms with van der Waals surface area (Å²) in [5.41, 5.74) is 1.02. The maximum atomic E-state index is 13.6. The number of para-hydroxylation sites is 1. The zero-order chi connectivity index (χ0) is 19.6. The lowest BCUT2D eigenvalue weighted by Crippen LogP contribution is -2.51. The number of carbonyl (C=O) groups excluding carboxylic acids is 1. The Morgan fingerprint density at radius 1 is 1.07 bits per heavy atom. The molecule has 5 heteroatoms. The minimum Gasteiger partial charge on any atom is -0.298 e. The smallest absolute Gasteiger partial charge is 0.209 e. The van der Waals surface area contributed by atoms with Gasteiger partial charge in [-0.15, -0.1) is 5.10 Å². The summed E-state index contributed by atoms with van der Waals surface area (Å²) in [6.45, 7) is 2.09. The molecule has 1 heterocycles. The van der Waals surface area contributed by atoms with E-state index in [0.717, 1.165) is 53.7 Å². The summed E-state index contributed by atoms with van der Waals surface area (Å²) < 4.78 is 2.00. The van der Waals surface area contributed by atoms with E-state index in [0.29, 0.717) is 11.7 Å². The minimum absolute atomic E-state index is 0.0392. The zero-order valence-corrected chi connectivity index (χ0v) is 17.9. The molecule has 1 aromatic carbocycles. The van der Waals surface area contributed by atoms with E-state index in [1.54, 1.807) is 11.8 Å². The van der Waals surface area contributed by atoms with E-state index in [2.05, 4.69) is 19.1 Å². The van der Waals surface area contributed by atoms with Gasteiger partial charge >= 0.3 is 0 Å². The molecule has 4 nitrogen and oxygen atoms in total. The Balaban J connectivity index is 1.24. The van der Waals surface area contributed by atoms with Gasteiger partial charge in [-0.1, -0.05) is 30.0 Å². The van der Waals surface area contributed by atoms with Crippen molar-refractivity contribution < 1.29 is 4.79 Å². The van der Waals surface area contributed by atoms with Crippen LogP contribution in [0.2, 0.25) is 0 Å². The van der Waals surface area contributed by atoms with Crippen molar-refractivity contribution >= 4 is 17.5 Å². The average molecular weight is 408 g/mol. The first-order chi connectivity index (χ1) is 14.1. The van der Waals surface area contributed by atoms with Crippen molar-refractivity contribution in [1.82, 2.24) is 14.8 Å². The largest absolute Gasteiger partial charge is 0.298 e. The zero-order valence-electron chi connectivity index (χ0n) is 17.1. The number of thioether (sulfide) groups is 1. The van der Waals surface area contributed by atoms with E-state index in [4.69, 9.17) is 10.1 Å². The lowest BCUT2D eigenvalue weighted by Gasteiger charge is -2.56. The van der Waals surface area contributed by atoms with Gasteiger partial charge in [0.1, 0.15) is 5.82 Å². The number of carbonyl (C=O) groups is 1. The van der Waals surface area contributed by atoms with Crippen LogP contribution in [-0.4, -0.2) is 25.8 Å². The Morgan fingerprint density at radius 3 is 2.28 bits per heavy atom. The van der Waals surface area contributed by atoms with Crippen LogP contribution >= 0.6 is 11.8 Å². The maximum Gasteiger partial charge on any atom is 0.209 e. The number of rotatable bonds is 6. The Labute approximate surface area is 176 Å². The van der Waals surface area contributed by atoms with Crippen LogP contribution in [0.1, 0.15) is 70.0 Å². The average Bonchev–Trinajstić information content (AvgIpc) is 3.47. The Bertz CT molecular complexity index is 898. The van der Waals surface area contributed by atoms with Gasteiger partial charge in [0.25, 0.3) is 0 Å². The quantitative estimate of drug-likeness (QED) is 0.601. The van der Waals surface area contributed by atoms with Crippen molar-refractivity contribution in [3.8, 4) is 5.69 Å². The third-order valence-electron chi connectivity index (χ3n) is 7.77. The highest BCUT2D eigenvalue weighted by molar-refractivity contribution is 8.00. The van der Waals surface area contributed by atoms with Gasteiger partial charge in [-0.2, -0.15) is 0 Å². The molecule has 7 rings (SSSR count). The van der Waals surface area contributed by atoms with Gasteiger partial charge in [0.15, 0.2) is 5.78 Å². The highest BCUT2D eigenvalue weighted by Crippen LogP contribution is 2.61. The molecule has 5 aliphatic rings. The standard InChI is InChI=1S/C24H29N3OS/c1-15(21(28)24-12-16-9-17(13-24)11-18(10-16)14-24)29-23-25-22(19-7-8-19)27(26-23)20-5-3-2-4-6-20/h2-6,15-19H,7-14H2,1H3. The Morgan fingerprint density at radius 2 is 1.69 bits per heavy atom. The highest BCUT2D eigenvalue weighted by atomic mass is 32.2. The van der Waals surface area contributed by atoms with Crippen LogP contribution in [-0.2, 0) is 4.79 Å². The van der Waals surface area contributed by atoms with Crippen molar-refractivity contribution in [2.45, 2.75) is 74.6 Å². The lowest BCUT2D eigenvalue weighted by molar-refractivity contribution is -0.142. The van der Waals surface area contributed by atoms with Crippen molar-refractivity contribution in [1.29, 1.82) is 0 Å². The molecule has 2 aromatic rings. The monoisotopic (exact) mass is 407 g/mol. The molecule has 1 unspecified atom stereocenters. The second-order valence-electron chi connectivity index (χ2n) is 10.1. The molecule has 0 amide bonds. The SMILES string of the molecule is CC(Sc1nc(C2CC2)n(-c2ccccc2)n1)C(=O)C12CC3CC(CC(C3)C1)C2. The molecule has 5 fully saturated rings. The first-order valence-electron chi connectivity index (χ1n) is 11.3. The number of hydrogen-bond acceptors (Lipinski definition) is 4. The first-order valence-corrected chi connectivity index (χ1v) is 12.2. The van der Waals surface area contributed by atoms with Crippen LogP contribution in [0.25, 0.3) is 5.69 Å². The van der Waals surface area contributed by atoms with Gasteiger partial charge in [-0.25, -0.2) is 9.67 Å². The third-order valence-corrected chi connectivity index (χ3v) is 8.72. The van der Waals surface area contributed by atoms with Crippen LogP contribution in [0.15, 0.2) is 35.5 Å². The van der Waals surface area contributed by atoms with E-state index in [-0.39, 0.29) is 10.7 Å². The molecule has 29 heavy (non-hydrogen) atoms. The molecule has 1 atom stereocenters. The highest BCUT2D eigenvalue weighted by Gasteiger charge is 2.55. The second kappa shape index (κ2) is 6.69. The van der Waals surface area contributed by atoms with Gasteiger partial charge in [0.2, 0.25) is 5.16 Å².